The van der Waals surface area contributed by atoms with Crippen molar-refractivity contribution in [2.75, 3.05) is 19.8 Å². The summed E-state index contributed by atoms with van der Waals surface area (Å²) in [5.74, 6) is 0.552. The normalized spacial score (nSPS) is 12.2. The van der Waals surface area contributed by atoms with Crippen LogP contribution in [0.1, 0.15) is 10.4 Å². The van der Waals surface area contributed by atoms with Crippen molar-refractivity contribution >= 4 is 23.4 Å². The minimum Gasteiger partial charge on any atom is -0.486 e. The van der Waals surface area contributed by atoms with Gasteiger partial charge in [0.05, 0.1) is 0 Å². The number of halogens is 1. The van der Waals surface area contributed by atoms with Gasteiger partial charge in [0.1, 0.15) is 19.0 Å². The SMILES string of the molecule is O=C(COc1cccc(Cl)c1)NNC(=O)c1ccc2c(c1)OCCO2. The van der Waals surface area contributed by atoms with Crippen LogP contribution in [0.3, 0.4) is 0 Å². The van der Waals surface area contributed by atoms with E-state index >= 15 is 0 Å². The highest BCUT2D eigenvalue weighted by Crippen LogP contribution is 2.30. The zero-order valence-electron chi connectivity index (χ0n) is 13.1. The highest BCUT2D eigenvalue weighted by atomic mass is 35.5. The van der Waals surface area contributed by atoms with Gasteiger partial charge in [0, 0.05) is 10.6 Å². The van der Waals surface area contributed by atoms with E-state index in [0.29, 0.717) is 41.0 Å². The van der Waals surface area contributed by atoms with Gasteiger partial charge in [0.15, 0.2) is 18.1 Å². The fourth-order valence-corrected chi connectivity index (χ4v) is 2.31. The third-order valence-electron chi connectivity index (χ3n) is 3.29. The summed E-state index contributed by atoms with van der Waals surface area (Å²) in [6.07, 6.45) is 0. The fourth-order valence-electron chi connectivity index (χ4n) is 2.12. The Balaban J connectivity index is 1.49. The zero-order valence-corrected chi connectivity index (χ0v) is 13.8. The van der Waals surface area contributed by atoms with E-state index in [9.17, 15) is 9.59 Å². The van der Waals surface area contributed by atoms with E-state index in [4.69, 9.17) is 25.8 Å². The number of hydrazine groups is 1. The van der Waals surface area contributed by atoms with Crippen LogP contribution in [0.25, 0.3) is 0 Å². The predicted molar refractivity (Wildman–Crippen MR) is 90.0 cm³/mol. The van der Waals surface area contributed by atoms with E-state index < -0.39 is 11.8 Å². The summed E-state index contributed by atoms with van der Waals surface area (Å²) in [4.78, 5) is 23.8. The third kappa shape index (κ3) is 4.54. The number of rotatable bonds is 4. The Morgan fingerprint density at radius 2 is 1.84 bits per heavy atom. The van der Waals surface area contributed by atoms with Crippen molar-refractivity contribution < 1.29 is 23.8 Å². The molecule has 0 spiro atoms. The van der Waals surface area contributed by atoms with E-state index in [-0.39, 0.29) is 6.61 Å². The van der Waals surface area contributed by atoms with Gasteiger partial charge in [-0.25, -0.2) is 0 Å². The molecule has 25 heavy (non-hydrogen) atoms. The number of benzene rings is 2. The fraction of sp³-hybridized carbons (Fsp3) is 0.176. The van der Waals surface area contributed by atoms with Gasteiger partial charge in [-0.2, -0.15) is 0 Å². The standard InChI is InChI=1S/C17H15ClN2O5/c18-12-2-1-3-13(9-12)25-10-16(21)19-20-17(22)11-4-5-14-15(8-11)24-7-6-23-14/h1-5,8-9H,6-7,10H2,(H,19,21)(H,20,22). The molecule has 0 atom stereocenters. The van der Waals surface area contributed by atoms with Crippen molar-refractivity contribution in [2.24, 2.45) is 0 Å². The molecule has 0 aliphatic carbocycles. The number of fused-ring (bicyclic) bond motifs is 1. The molecule has 8 heteroatoms. The summed E-state index contributed by atoms with van der Waals surface area (Å²) in [6, 6.07) is 11.4. The van der Waals surface area contributed by atoms with Gasteiger partial charge < -0.3 is 14.2 Å². The molecule has 7 nitrogen and oxygen atoms in total. The Labute approximate surface area is 148 Å². The van der Waals surface area contributed by atoms with Gasteiger partial charge in [-0.1, -0.05) is 17.7 Å². The number of ether oxygens (including phenoxy) is 3. The van der Waals surface area contributed by atoms with Gasteiger partial charge in [0.25, 0.3) is 11.8 Å². The Hall–Kier alpha value is -2.93. The first kappa shape index (κ1) is 16.9. The minimum absolute atomic E-state index is 0.262. The summed E-state index contributed by atoms with van der Waals surface area (Å²) in [5.41, 5.74) is 4.92. The van der Waals surface area contributed by atoms with Crippen LogP contribution in [-0.4, -0.2) is 31.6 Å². The number of carbonyl (C=O) groups is 2. The highest BCUT2D eigenvalue weighted by Gasteiger charge is 2.15. The second kappa shape index (κ2) is 7.76. The van der Waals surface area contributed by atoms with Crippen LogP contribution < -0.4 is 25.1 Å². The third-order valence-corrected chi connectivity index (χ3v) is 3.52. The van der Waals surface area contributed by atoms with Crippen molar-refractivity contribution in [3.63, 3.8) is 0 Å². The average molecular weight is 363 g/mol. The van der Waals surface area contributed by atoms with Crippen LogP contribution in [0.4, 0.5) is 0 Å². The second-order valence-corrected chi connectivity index (χ2v) is 5.54. The molecule has 1 aliphatic heterocycles. The molecular formula is C17H15ClN2O5. The monoisotopic (exact) mass is 362 g/mol. The summed E-state index contributed by atoms with van der Waals surface area (Å²) in [7, 11) is 0. The Kier molecular flexibility index (Phi) is 5.25. The largest absolute Gasteiger partial charge is 0.486 e. The van der Waals surface area contributed by atoms with Crippen LogP contribution in [0, 0.1) is 0 Å². The lowest BCUT2D eigenvalue weighted by atomic mass is 10.2. The predicted octanol–water partition coefficient (Wildman–Crippen LogP) is 1.95. The molecule has 0 radical (unpaired) electrons. The first-order valence-corrected chi connectivity index (χ1v) is 7.87. The molecule has 0 unspecified atom stereocenters. The van der Waals surface area contributed by atoms with Crippen LogP contribution in [0.15, 0.2) is 42.5 Å². The first-order valence-electron chi connectivity index (χ1n) is 7.49. The van der Waals surface area contributed by atoms with Gasteiger partial charge >= 0.3 is 0 Å². The molecular weight excluding hydrogens is 348 g/mol. The molecule has 0 bridgehead atoms. The molecule has 0 saturated heterocycles. The minimum atomic E-state index is -0.508. The maximum atomic E-state index is 12.1. The maximum absolute atomic E-state index is 12.1. The van der Waals surface area contributed by atoms with Crippen molar-refractivity contribution in [1.82, 2.24) is 10.9 Å². The van der Waals surface area contributed by atoms with E-state index in [1.165, 1.54) is 0 Å². The Bertz CT molecular complexity index is 796. The van der Waals surface area contributed by atoms with Gasteiger partial charge in [-0.15, -0.1) is 0 Å². The van der Waals surface area contributed by atoms with Crippen LogP contribution >= 0.6 is 11.6 Å². The maximum Gasteiger partial charge on any atom is 0.276 e. The number of amides is 2. The summed E-state index contributed by atoms with van der Waals surface area (Å²) in [5, 5.41) is 0.504. The molecule has 2 aromatic carbocycles. The van der Waals surface area contributed by atoms with Gasteiger partial charge in [-0.05, 0) is 36.4 Å². The first-order chi connectivity index (χ1) is 12.1. The average Bonchev–Trinajstić information content (AvgIpc) is 2.64. The van der Waals surface area contributed by atoms with Crippen molar-refractivity contribution in [1.29, 1.82) is 0 Å². The molecule has 1 aliphatic rings. The summed E-state index contributed by atoms with van der Waals surface area (Å²) < 4.78 is 16.1. The second-order valence-electron chi connectivity index (χ2n) is 5.11. The molecule has 1 heterocycles. The molecule has 130 valence electrons. The molecule has 2 N–H and O–H groups in total. The van der Waals surface area contributed by atoms with Gasteiger partial charge in [-0.3, -0.25) is 20.4 Å². The quantitative estimate of drug-likeness (QED) is 0.812. The van der Waals surface area contributed by atoms with E-state index in [1.807, 2.05) is 0 Å². The van der Waals surface area contributed by atoms with Gasteiger partial charge in [0.2, 0.25) is 0 Å². The van der Waals surface area contributed by atoms with Crippen molar-refractivity contribution in [3.8, 4) is 17.2 Å². The molecule has 2 aromatic rings. The van der Waals surface area contributed by atoms with Crippen molar-refractivity contribution in [2.45, 2.75) is 0 Å². The number of carbonyl (C=O) groups excluding carboxylic acids is 2. The Morgan fingerprint density at radius 1 is 1.04 bits per heavy atom. The van der Waals surface area contributed by atoms with E-state index in [1.54, 1.807) is 42.5 Å². The highest BCUT2D eigenvalue weighted by molar-refractivity contribution is 6.30. The number of hydrogen-bond donors (Lipinski definition) is 2. The number of nitrogens with one attached hydrogen (secondary N) is 2. The summed E-state index contributed by atoms with van der Waals surface area (Å²) in [6.45, 7) is 0.638. The van der Waals surface area contributed by atoms with Crippen LogP contribution in [0.5, 0.6) is 17.2 Å². The van der Waals surface area contributed by atoms with Crippen LogP contribution in [-0.2, 0) is 4.79 Å². The lowest BCUT2D eigenvalue weighted by Gasteiger charge is -2.18. The molecule has 3 rings (SSSR count). The zero-order chi connectivity index (χ0) is 17.6. The number of hydrogen-bond acceptors (Lipinski definition) is 5. The lowest BCUT2D eigenvalue weighted by Crippen LogP contribution is -2.43. The molecule has 0 saturated carbocycles. The molecule has 2 amide bonds. The molecule has 0 fully saturated rings. The van der Waals surface area contributed by atoms with E-state index in [0.717, 1.165) is 0 Å². The Morgan fingerprint density at radius 3 is 2.64 bits per heavy atom. The van der Waals surface area contributed by atoms with E-state index in [2.05, 4.69) is 10.9 Å². The topological polar surface area (TPSA) is 85.9 Å². The lowest BCUT2D eigenvalue weighted by molar-refractivity contribution is -0.123. The summed E-state index contributed by atoms with van der Waals surface area (Å²) >= 11 is 5.82. The van der Waals surface area contributed by atoms with Crippen molar-refractivity contribution in [3.05, 3.63) is 53.1 Å². The smallest absolute Gasteiger partial charge is 0.276 e. The van der Waals surface area contributed by atoms with Crippen LogP contribution in [0.2, 0.25) is 5.02 Å². The molecule has 0 aromatic heterocycles.